The van der Waals surface area contributed by atoms with Gasteiger partial charge < -0.3 is 15.7 Å². The Balaban J connectivity index is 2.49. The first-order valence-electron chi connectivity index (χ1n) is 6.25. The maximum atomic E-state index is 11.7. The summed E-state index contributed by atoms with van der Waals surface area (Å²) in [7, 11) is 1.67. The summed E-state index contributed by atoms with van der Waals surface area (Å²) < 4.78 is 0. The van der Waals surface area contributed by atoms with E-state index in [1.807, 2.05) is 6.92 Å². The lowest BCUT2D eigenvalue weighted by Gasteiger charge is -2.36. The smallest absolute Gasteiger partial charge is 0.323 e. The molecule has 1 rings (SSSR count). The predicted molar refractivity (Wildman–Crippen MR) is 64.7 cm³/mol. The van der Waals surface area contributed by atoms with Crippen LogP contribution in [0, 0.1) is 5.92 Å². The van der Waals surface area contributed by atoms with E-state index in [-0.39, 0.29) is 11.8 Å². The molecule has 1 aliphatic carbocycles. The molecule has 5 heteroatoms. The molecular formula is C12H22N2O3. The van der Waals surface area contributed by atoms with E-state index in [9.17, 15) is 14.7 Å². The van der Waals surface area contributed by atoms with E-state index in [1.54, 1.807) is 7.05 Å². The van der Waals surface area contributed by atoms with Crippen molar-refractivity contribution < 1.29 is 14.7 Å². The monoisotopic (exact) mass is 242 g/mol. The first kappa shape index (κ1) is 14.0. The van der Waals surface area contributed by atoms with Crippen LogP contribution in [0.4, 0.5) is 0 Å². The number of carbonyl (C=O) groups is 2. The number of rotatable bonds is 5. The SMILES string of the molecule is CCCNC(=O)C1CCC(NC)(C(=O)O)CC1. The second-order valence-corrected chi connectivity index (χ2v) is 4.70. The van der Waals surface area contributed by atoms with Crippen molar-refractivity contribution in [1.82, 2.24) is 10.6 Å². The topological polar surface area (TPSA) is 78.4 Å². The Morgan fingerprint density at radius 3 is 2.35 bits per heavy atom. The zero-order valence-corrected chi connectivity index (χ0v) is 10.6. The average molecular weight is 242 g/mol. The van der Waals surface area contributed by atoms with E-state index >= 15 is 0 Å². The Labute approximate surface area is 102 Å². The summed E-state index contributed by atoms with van der Waals surface area (Å²) in [5, 5.41) is 15.0. The van der Waals surface area contributed by atoms with Gasteiger partial charge in [0.25, 0.3) is 0 Å². The number of hydrogen-bond donors (Lipinski definition) is 3. The molecule has 1 amide bonds. The molecule has 0 aliphatic heterocycles. The van der Waals surface area contributed by atoms with Crippen molar-refractivity contribution in [1.29, 1.82) is 0 Å². The third-order valence-electron chi connectivity index (χ3n) is 3.65. The summed E-state index contributed by atoms with van der Waals surface area (Å²) in [6, 6.07) is 0. The van der Waals surface area contributed by atoms with Crippen LogP contribution < -0.4 is 10.6 Å². The largest absolute Gasteiger partial charge is 0.480 e. The molecule has 1 fully saturated rings. The Kier molecular flexibility index (Phi) is 4.93. The molecule has 0 spiro atoms. The van der Waals surface area contributed by atoms with Crippen LogP contribution in [0.1, 0.15) is 39.0 Å². The average Bonchev–Trinajstić information content (AvgIpc) is 2.35. The van der Waals surface area contributed by atoms with Crippen LogP contribution >= 0.6 is 0 Å². The zero-order chi connectivity index (χ0) is 12.9. The van der Waals surface area contributed by atoms with Gasteiger partial charge in [-0.3, -0.25) is 9.59 Å². The van der Waals surface area contributed by atoms with Gasteiger partial charge in [-0.15, -0.1) is 0 Å². The molecule has 17 heavy (non-hydrogen) atoms. The molecular weight excluding hydrogens is 220 g/mol. The number of hydrogen-bond acceptors (Lipinski definition) is 3. The fraction of sp³-hybridized carbons (Fsp3) is 0.833. The molecule has 5 nitrogen and oxygen atoms in total. The van der Waals surface area contributed by atoms with Gasteiger partial charge in [0.2, 0.25) is 5.91 Å². The fourth-order valence-corrected chi connectivity index (χ4v) is 2.34. The fourth-order valence-electron chi connectivity index (χ4n) is 2.34. The van der Waals surface area contributed by atoms with Crippen LogP contribution in [0.25, 0.3) is 0 Å². The van der Waals surface area contributed by atoms with Gasteiger partial charge in [0.1, 0.15) is 5.54 Å². The van der Waals surface area contributed by atoms with Crippen LogP contribution in [-0.4, -0.2) is 36.1 Å². The van der Waals surface area contributed by atoms with Crippen molar-refractivity contribution in [3.8, 4) is 0 Å². The van der Waals surface area contributed by atoms with Crippen LogP contribution in [0.15, 0.2) is 0 Å². The summed E-state index contributed by atoms with van der Waals surface area (Å²) in [6.45, 7) is 2.71. The van der Waals surface area contributed by atoms with Crippen molar-refractivity contribution >= 4 is 11.9 Å². The summed E-state index contributed by atoms with van der Waals surface area (Å²) in [4.78, 5) is 22.9. The Bertz CT molecular complexity index is 283. The summed E-state index contributed by atoms with van der Waals surface area (Å²) >= 11 is 0. The molecule has 0 unspecified atom stereocenters. The Morgan fingerprint density at radius 2 is 1.94 bits per heavy atom. The van der Waals surface area contributed by atoms with Gasteiger partial charge in [-0.05, 0) is 39.2 Å². The van der Waals surface area contributed by atoms with Crippen LogP contribution in [0.2, 0.25) is 0 Å². The minimum atomic E-state index is -0.832. The Hall–Kier alpha value is -1.10. The van der Waals surface area contributed by atoms with E-state index in [2.05, 4.69) is 10.6 Å². The van der Waals surface area contributed by atoms with E-state index in [1.165, 1.54) is 0 Å². The van der Waals surface area contributed by atoms with E-state index < -0.39 is 11.5 Å². The number of amides is 1. The van der Waals surface area contributed by atoms with Gasteiger partial charge in [0.15, 0.2) is 0 Å². The third-order valence-corrected chi connectivity index (χ3v) is 3.65. The highest BCUT2D eigenvalue weighted by molar-refractivity contribution is 5.81. The minimum absolute atomic E-state index is 0.0256. The maximum absolute atomic E-state index is 11.7. The van der Waals surface area contributed by atoms with Crippen molar-refractivity contribution in [2.75, 3.05) is 13.6 Å². The lowest BCUT2D eigenvalue weighted by Crippen LogP contribution is -2.53. The van der Waals surface area contributed by atoms with Gasteiger partial charge in [-0.25, -0.2) is 0 Å². The van der Waals surface area contributed by atoms with Crippen molar-refractivity contribution in [3.63, 3.8) is 0 Å². The number of likely N-dealkylation sites (N-methyl/N-ethyl adjacent to an activating group) is 1. The molecule has 0 heterocycles. The molecule has 0 aromatic heterocycles. The molecule has 0 aromatic carbocycles. The second-order valence-electron chi connectivity index (χ2n) is 4.70. The standard InChI is InChI=1S/C12H22N2O3/c1-3-8-14-10(15)9-4-6-12(13-2,7-5-9)11(16)17/h9,13H,3-8H2,1-2H3,(H,14,15)(H,16,17). The molecule has 98 valence electrons. The molecule has 1 aliphatic rings. The molecule has 0 aromatic rings. The van der Waals surface area contributed by atoms with E-state index in [4.69, 9.17) is 0 Å². The predicted octanol–water partition coefficient (Wildman–Crippen LogP) is 0.746. The van der Waals surface area contributed by atoms with Gasteiger partial charge in [0, 0.05) is 12.5 Å². The molecule has 1 saturated carbocycles. The number of carboxylic acids is 1. The summed E-state index contributed by atoms with van der Waals surface area (Å²) in [5.41, 5.74) is -0.832. The molecule has 0 atom stereocenters. The van der Waals surface area contributed by atoms with Gasteiger partial charge in [-0.2, -0.15) is 0 Å². The second kappa shape index (κ2) is 6.00. The normalized spacial score (nSPS) is 28.7. The lowest BCUT2D eigenvalue weighted by atomic mass is 9.76. The third kappa shape index (κ3) is 3.19. The Morgan fingerprint density at radius 1 is 1.35 bits per heavy atom. The van der Waals surface area contributed by atoms with Crippen LogP contribution in [-0.2, 0) is 9.59 Å². The van der Waals surface area contributed by atoms with Crippen molar-refractivity contribution in [3.05, 3.63) is 0 Å². The highest BCUT2D eigenvalue weighted by Crippen LogP contribution is 2.32. The van der Waals surface area contributed by atoms with Gasteiger partial charge >= 0.3 is 5.97 Å². The molecule has 3 N–H and O–H groups in total. The zero-order valence-electron chi connectivity index (χ0n) is 10.6. The van der Waals surface area contributed by atoms with Crippen LogP contribution in [0.5, 0.6) is 0 Å². The van der Waals surface area contributed by atoms with E-state index in [0.29, 0.717) is 32.2 Å². The lowest BCUT2D eigenvalue weighted by molar-refractivity contribution is -0.147. The summed E-state index contributed by atoms with van der Waals surface area (Å²) in [6.07, 6.45) is 3.24. The highest BCUT2D eigenvalue weighted by atomic mass is 16.4. The maximum Gasteiger partial charge on any atom is 0.323 e. The number of carbonyl (C=O) groups excluding carboxylic acids is 1. The van der Waals surface area contributed by atoms with E-state index in [0.717, 1.165) is 6.42 Å². The van der Waals surface area contributed by atoms with Gasteiger partial charge in [-0.1, -0.05) is 6.92 Å². The molecule has 0 saturated heterocycles. The highest BCUT2D eigenvalue weighted by Gasteiger charge is 2.41. The first-order chi connectivity index (χ1) is 8.05. The van der Waals surface area contributed by atoms with Crippen LogP contribution in [0.3, 0.4) is 0 Å². The van der Waals surface area contributed by atoms with Crippen molar-refractivity contribution in [2.45, 2.75) is 44.6 Å². The van der Waals surface area contributed by atoms with Gasteiger partial charge in [0.05, 0.1) is 0 Å². The minimum Gasteiger partial charge on any atom is -0.480 e. The number of aliphatic carboxylic acids is 1. The molecule has 0 bridgehead atoms. The first-order valence-corrected chi connectivity index (χ1v) is 6.25. The number of nitrogens with one attached hydrogen (secondary N) is 2. The molecule has 0 radical (unpaired) electrons. The van der Waals surface area contributed by atoms with Crippen molar-refractivity contribution in [2.24, 2.45) is 5.92 Å². The summed E-state index contributed by atoms with van der Waals surface area (Å²) in [5.74, 6) is -0.767. The number of carboxylic acid groups (broad SMARTS) is 1. The quantitative estimate of drug-likeness (QED) is 0.664.